The lowest BCUT2D eigenvalue weighted by atomic mass is 9.98. The summed E-state index contributed by atoms with van der Waals surface area (Å²) in [6, 6.07) is 9.41. The standard InChI is InChI=1S/C18H25N3O2/c1-14(13-21-11-5-10-19-21)20-17(22)16-7-4-6-15(12-16)8-9-18(2,3)23/h4-7,10-12,14,23H,8-9,13H2,1-3H3,(H,20,22)/t14-/m0/s1. The van der Waals surface area contributed by atoms with E-state index in [4.69, 9.17) is 0 Å². The molecule has 0 fully saturated rings. The molecule has 1 atom stereocenters. The van der Waals surface area contributed by atoms with Gasteiger partial charge in [-0.1, -0.05) is 12.1 Å². The number of hydrogen-bond donors (Lipinski definition) is 2. The van der Waals surface area contributed by atoms with E-state index in [1.54, 1.807) is 24.7 Å². The molecular weight excluding hydrogens is 290 g/mol. The summed E-state index contributed by atoms with van der Waals surface area (Å²) in [6.45, 7) is 6.18. The highest BCUT2D eigenvalue weighted by atomic mass is 16.3. The van der Waals surface area contributed by atoms with Crippen LogP contribution in [0.2, 0.25) is 0 Å². The van der Waals surface area contributed by atoms with Crippen molar-refractivity contribution in [2.45, 2.75) is 51.8 Å². The monoisotopic (exact) mass is 315 g/mol. The molecule has 2 aromatic rings. The van der Waals surface area contributed by atoms with Gasteiger partial charge >= 0.3 is 0 Å². The van der Waals surface area contributed by atoms with Crippen LogP contribution in [0.1, 0.15) is 43.1 Å². The average molecular weight is 315 g/mol. The van der Waals surface area contributed by atoms with E-state index in [0.717, 1.165) is 12.0 Å². The predicted molar refractivity (Wildman–Crippen MR) is 90.2 cm³/mol. The summed E-state index contributed by atoms with van der Waals surface area (Å²) in [6.07, 6.45) is 5.00. The highest BCUT2D eigenvalue weighted by Gasteiger charge is 2.14. The minimum Gasteiger partial charge on any atom is -0.390 e. The van der Waals surface area contributed by atoms with E-state index in [1.807, 2.05) is 43.5 Å². The topological polar surface area (TPSA) is 67.2 Å². The van der Waals surface area contributed by atoms with Gasteiger partial charge in [-0.2, -0.15) is 5.10 Å². The first-order valence-electron chi connectivity index (χ1n) is 7.93. The van der Waals surface area contributed by atoms with Gasteiger partial charge in [-0.15, -0.1) is 0 Å². The molecule has 124 valence electrons. The molecule has 2 N–H and O–H groups in total. The largest absolute Gasteiger partial charge is 0.390 e. The van der Waals surface area contributed by atoms with E-state index < -0.39 is 5.60 Å². The first-order chi connectivity index (χ1) is 10.8. The number of hydrogen-bond acceptors (Lipinski definition) is 3. The van der Waals surface area contributed by atoms with Gasteiger partial charge in [0.1, 0.15) is 0 Å². The van der Waals surface area contributed by atoms with Crippen molar-refractivity contribution in [3.05, 3.63) is 53.9 Å². The molecule has 0 radical (unpaired) electrons. The zero-order chi connectivity index (χ0) is 16.9. The molecule has 0 aliphatic rings. The Labute approximate surface area is 137 Å². The molecule has 5 heteroatoms. The number of amides is 1. The molecule has 5 nitrogen and oxygen atoms in total. The van der Waals surface area contributed by atoms with Crippen LogP contribution in [0.25, 0.3) is 0 Å². The number of benzene rings is 1. The van der Waals surface area contributed by atoms with Crippen LogP contribution in [0, 0.1) is 0 Å². The molecule has 0 bridgehead atoms. The molecule has 0 saturated heterocycles. The Morgan fingerprint density at radius 3 is 2.83 bits per heavy atom. The lowest BCUT2D eigenvalue weighted by molar-refractivity contribution is 0.0714. The fraction of sp³-hybridized carbons (Fsp3) is 0.444. The van der Waals surface area contributed by atoms with Crippen molar-refractivity contribution in [1.29, 1.82) is 0 Å². The van der Waals surface area contributed by atoms with Crippen molar-refractivity contribution in [2.24, 2.45) is 0 Å². The number of aliphatic hydroxyl groups is 1. The first-order valence-corrected chi connectivity index (χ1v) is 7.93. The summed E-state index contributed by atoms with van der Waals surface area (Å²) in [7, 11) is 0. The lowest BCUT2D eigenvalue weighted by Crippen LogP contribution is -2.35. The zero-order valence-electron chi connectivity index (χ0n) is 14.0. The Balaban J connectivity index is 1.93. The normalized spacial score (nSPS) is 12.9. The molecule has 1 aromatic heterocycles. The molecule has 1 aromatic carbocycles. The number of aromatic nitrogens is 2. The third-order valence-electron chi connectivity index (χ3n) is 3.61. The molecule has 1 amide bonds. The molecular formula is C18H25N3O2. The molecule has 0 aliphatic carbocycles. The van der Waals surface area contributed by atoms with Gasteiger partial charge in [0.15, 0.2) is 0 Å². The number of rotatable bonds is 7. The fourth-order valence-electron chi connectivity index (χ4n) is 2.36. The van der Waals surface area contributed by atoms with E-state index >= 15 is 0 Å². The zero-order valence-corrected chi connectivity index (χ0v) is 14.0. The van der Waals surface area contributed by atoms with E-state index in [1.165, 1.54) is 0 Å². The van der Waals surface area contributed by atoms with Crippen LogP contribution in [-0.2, 0) is 13.0 Å². The van der Waals surface area contributed by atoms with E-state index in [2.05, 4.69) is 10.4 Å². The second-order valence-electron chi connectivity index (χ2n) is 6.62. The maximum Gasteiger partial charge on any atom is 0.251 e. The molecule has 1 heterocycles. The van der Waals surface area contributed by atoms with Crippen molar-refractivity contribution in [1.82, 2.24) is 15.1 Å². The van der Waals surface area contributed by atoms with Gasteiger partial charge in [0, 0.05) is 24.0 Å². The smallest absolute Gasteiger partial charge is 0.251 e. The summed E-state index contributed by atoms with van der Waals surface area (Å²) < 4.78 is 1.80. The van der Waals surface area contributed by atoms with Gasteiger partial charge in [0.05, 0.1) is 12.1 Å². The Bertz CT molecular complexity index is 630. The quantitative estimate of drug-likeness (QED) is 0.824. The van der Waals surface area contributed by atoms with Crippen LogP contribution in [0.5, 0.6) is 0 Å². The summed E-state index contributed by atoms with van der Waals surface area (Å²) >= 11 is 0. The second kappa shape index (κ2) is 7.42. The predicted octanol–water partition coefficient (Wildman–Crippen LogP) is 2.41. The number of carbonyl (C=O) groups is 1. The Hall–Kier alpha value is -2.14. The second-order valence-corrected chi connectivity index (χ2v) is 6.62. The van der Waals surface area contributed by atoms with Crippen molar-refractivity contribution in [3.63, 3.8) is 0 Å². The van der Waals surface area contributed by atoms with Gasteiger partial charge in [-0.25, -0.2) is 0 Å². The van der Waals surface area contributed by atoms with Gasteiger partial charge in [-0.3, -0.25) is 9.48 Å². The molecule has 0 unspecified atom stereocenters. The van der Waals surface area contributed by atoms with E-state index in [9.17, 15) is 9.90 Å². The number of aryl methyl sites for hydroxylation is 1. The van der Waals surface area contributed by atoms with Crippen molar-refractivity contribution in [2.75, 3.05) is 0 Å². The van der Waals surface area contributed by atoms with Crippen LogP contribution < -0.4 is 5.32 Å². The summed E-state index contributed by atoms with van der Waals surface area (Å²) in [4.78, 5) is 12.3. The van der Waals surface area contributed by atoms with Crippen LogP contribution in [-0.4, -0.2) is 32.4 Å². The van der Waals surface area contributed by atoms with Gasteiger partial charge in [-0.05, 0) is 57.4 Å². The van der Waals surface area contributed by atoms with Gasteiger partial charge < -0.3 is 10.4 Å². The molecule has 0 saturated carbocycles. The van der Waals surface area contributed by atoms with Crippen molar-refractivity contribution >= 4 is 5.91 Å². The van der Waals surface area contributed by atoms with Crippen molar-refractivity contribution < 1.29 is 9.90 Å². The third kappa shape index (κ3) is 5.87. The van der Waals surface area contributed by atoms with Gasteiger partial charge in [0.25, 0.3) is 5.91 Å². The molecule has 2 rings (SSSR count). The summed E-state index contributed by atoms with van der Waals surface area (Å²) in [5, 5.41) is 16.9. The molecule has 23 heavy (non-hydrogen) atoms. The summed E-state index contributed by atoms with van der Waals surface area (Å²) in [5.41, 5.74) is 1.00. The number of carbonyl (C=O) groups excluding carboxylic acids is 1. The Morgan fingerprint density at radius 2 is 2.17 bits per heavy atom. The van der Waals surface area contributed by atoms with Crippen LogP contribution in [0.4, 0.5) is 0 Å². The molecule has 0 spiro atoms. The van der Waals surface area contributed by atoms with Crippen LogP contribution in [0.3, 0.4) is 0 Å². The number of nitrogens with one attached hydrogen (secondary N) is 1. The van der Waals surface area contributed by atoms with E-state index in [0.29, 0.717) is 18.5 Å². The SMILES string of the molecule is C[C@@H](Cn1cccn1)NC(=O)c1cccc(CCC(C)(C)O)c1. The maximum atomic E-state index is 12.3. The highest BCUT2D eigenvalue weighted by Crippen LogP contribution is 2.14. The average Bonchev–Trinajstić information content (AvgIpc) is 2.97. The van der Waals surface area contributed by atoms with Crippen LogP contribution in [0.15, 0.2) is 42.7 Å². The minimum absolute atomic E-state index is 0.0116. The van der Waals surface area contributed by atoms with E-state index in [-0.39, 0.29) is 11.9 Å². The minimum atomic E-state index is -0.698. The first kappa shape index (κ1) is 17.2. The Kier molecular flexibility index (Phi) is 5.55. The maximum absolute atomic E-state index is 12.3. The highest BCUT2D eigenvalue weighted by molar-refractivity contribution is 5.94. The van der Waals surface area contributed by atoms with Gasteiger partial charge in [0.2, 0.25) is 0 Å². The molecule has 0 aliphatic heterocycles. The Morgan fingerprint density at radius 1 is 1.39 bits per heavy atom. The fourth-order valence-corrected chi connectivity index (χ4v) is 2.36. The lowest BCUT2D eigenvalue weighted by Gasteiger charge is -2.17. The third-order valence-corrected chi connectivity index (χ3v) is 3.61. The van der Waals surface area contributed by atoms with Crippen LogP contribution >= 0.6 is 0 Å². The summed E-state index contributed by atoms with van der Waals surface area (Å²) in [5.74, 6) is -0.0882. The van der Waals surface area contributed by atoms with Crippen molar-refractivity contribution in [3.8, 4) is 0 Å². The number of nitrogens with zero attached hydrogens (tertiary/aromatic N) is 2.